The number of cyclic esters (lactones) is 1. The van der Waals surface area contributed by atoms with Crippen LogP contribution in [0.25, 0.3) is 0 Å². The maximum atomic E-state index is 13.3. The Kier molecular flexibility index (Phi) is 8.73. The molecule has 6 nitrogen and oxygen atoms in total. The van der Waals surface area contributed by atoms with Crippen LogP contribution in [0.3, 0.4) is 0 Å². The molecule has 0 aliphatic carbocycles. The smallest absolute Gasteiger partial charge is 0.319 e. The van der Waals surface area contributed by atoms with E-state index < -0.39 is 17.0 Å². The highest BCUT2D eigenvalue weighted by atomic mass is 16.5. The van der Waals surface area contributed by atoms with E-state index in [0.717, 1.165) is 39.0 Å². The van der Waals surface area contributed by atoms with Crippen LogP contribution in [0.5, 0.6) is 0 Å². The Bertz CT molecular complexity index is 631. The summed E-state index contributed by atoms with van der Waals surface area (Å²) in [5.41, 5.74) is -1.57. The van der Waals surface area contributed by atoms with E-state index in [1.54, 1.807) is 21.0 Å². The van der Waals surface area contributed by atoms with Gasteiger partial charge in [0.1, 0.15) is 11.5 Å². The van der Waals surface area contributed by atoms with Crippen molar-refractivity contribution in [3.8, 4) is 0 Å². The molecule has 2 fully saturated rings. The van der Waals surface area contributed by atoms with Crippen LogP contribution in [0.4, 0.5) is 0 Å². The van der Waals surface area contributed by atoms with Crippen LogP contribution in [-0.4, -0.2) is 79.6 Å². The third-order valence-electron chi connectivity index (χ3n) is 7.48. The number of nitrogens with zero attached hydrogens (tertiary/aromatic N) is 2. The fraction of sp³-hybridized carbons (Fsp3) is 0.920. The number of likely N-dealkylation sites (N-methyl/N-ethyl adjacent to an activating group) is 1. The van der Waals surface area contributed by atoms with Crippen molar-refractivity contribution in [3.63, 3.8) is 0 Å². The second-order valence-corrected chi connectivity index (χ2v) is 11.1. The molecule has 2 heterocycles. The van der Waals surface area contributed by atoms with Gasteiger partial charge in [0.15, 0.2) is 5.78 Å². The van der Waals surface area contributed by atoms with Crippen molar-refractivity contribution in [2.24, 2.45) is 23.2 Å². The highest BCUT2D eigenvalue weighted by molar-refractivity contribution is 6.04. The van der Waals surface area contributed by atoms with E-state index in [4.69, 9.17) is 9.47 Å². The molecule has 0 spiro atoms. The first kappa shape index (κ1) is 26.3. The lowest BCUT2D eigenvalue weighted by molar-refractivity contribution is -0.168. The van der Waals surface area contributed by atoms with Crippen molar-refractivity contribution in [2.45, 2.75) is 85.5 Å². The second kappa shape index (κ2) is 10.3. The maximum Gasteiger partial charge on any atom is 0.319 e. The quantitative estimate of drug-likeness (QED) is 0.493. The molecule has 0 saturated carbocycles. The number of Topliss-reactive ketones (excluding diaryl/α,β-unsaturated/α-hetero) is 1. The van der Waals surface area contributed by atoms with Crippen LogP contribution in [0.1, 0.15) is 67.7 Å². The topological polar surface area (TPSA) is 59.1 Å². The average molecular weight is 439 g/mol. The summed E-state index contributed by atoms with van der Waals surface area (Å²) in [5.74, 6) is 0.0962. The number of methoxy groups -OCH3 is 1. The molecule has 0 radical (unpaired) electrons. The van der Waals surface area contributed by atoms with Gasteiger partial charge in [0.25, 0.3) is 0 Å². The highest BCUT2D eigenvalue weighted by Gasteiger charge is 2.46. The summed E-state index contributed by atoms with van der Waals surface area (Å²) in [6, 6.07) is 0.136. The molecule has 2 aliphatic heterocycles. The van der Waals surface area contributed by atoms with E-state index >= 15 is 0 Å². The minimum atomic E-state index is -1.17. The molecule has 0 aromatic rings. The van der Waals surface area contributed by atoms with Crippen molar-refractivity contribution in [2.75, 3.05) is 40.3 Å². The highest BCUT2D eigenvalue weighted by Crippen LogP contribution is 2.35. The van der Waals surface area contributed by atoms with Crippen LogP contribution >= 0.6 is 0 Å². The van der Waals surface area contributed by atoms with E-state index in [9.17, 15) is 9.59 Å². The van der Waals surface area contributed by atoms with Gasteiger partial charge in [0.2, 0.25) is 0 Å². The van der Waals surface area contributed by atoms with Gasteiger partial charge in [-0.1, -0.05) is 20.8 Å². The molecular formula is C25H46N2O4. The van der Waals surface area contributed by atoms with Crippen LogP contribution < -0.4 is 0 Å². The lowest BCUT2D eigenvalue weighted by Gasteiger charge is -2.48. The van der Waals surface area contributed by atoms with Gasteiger partial charge in [-0.25, -0.2) is 0 Å². The first-order chi connectivity index (χ1) is 14.3. The number of hydrogen-bond donors (Lipinski definition) is 0. The van der Waals surface area contributed by atoms with E-state index in [0.29, 0.717) is 18.3 Å². The minimum Gasteiger partial charge on any atom is -0.460 e. The summed E-state index contributed by atoms with van der Waals surface area (Å²) in [7, 11) is 3.88. The lowest BCUT2D eigenvalue weighted by Crippen LogP contribution is -2.60. The Morgan fingerprint density at radius 1 is 1.06 bits per heavy atom. The van der Waals surface area contributed by atoms with Crippen molar-refractivity contribution < 1.29 is 19.1 Å². The summed E-state index contributed by atoms with van der Waals surface area (Å²) in [4.78, 5) is 31.2. The lowest BCUT2D eigenvalue weighted by atomic mass is 9.76. The third-order valence-corrected chi connectivity index (χ3v) is 7.48. The molecule has 0 bridgehead atoms. The standard InChI is InChI=1S/C25H46N2O4/c1-10-11-27-15-20(16-27)21-19(4)31-23(29)24(5,6)22(28)18(3)13-25(7,30-9)12-17(2)14-26(21)8/h17-21H,10-16H2,1-9H3/t17-,18-,19-,21+,25-/m1/s1. The first-order valence-electron chi connectivity index (χ1n) is 12.1. The zero-order chi connectivity index (χ0) is 23.6. The van der Waals surface area contributed by atoms with E-state index in [1.165, 1.54) is 0 Å². The Labute approximate surface area is 190 Å². The molecule has 0 amide bonds. The van der Waals surface area contributed by atoms with Crippen molar-refractivity contribution in [1.82, 2.24) is 9.80 Å². The van der Waals surface area contributed by atoms with Gasteiger partial charge in [-0.15, -0.1) is 0 Å². The van der Waals surface area contributed by atoms with Crippen LogP contribution in [0.15, 0.2) is 0 Å². The van der Waals surface area contributed by atoms with E-state index in [2.05, 4.69) is 37.6 Å². The number of carbonyl (C=O) groups excluding carboxylic acids is 2. The molecule has 2 aliphatic rings. The number of rotatable bonds is 4. The minimum absolute atomic E-state index is 0.0671. The fourth-order valence-corrected chi connectivity index (χ4v) is 5.93. The van der Waals surface area contributed by atoms with Gasteiger partial charge in [0, 0.05) is 38.6 Å². The summed E-state index contributed by atoms with van der Waals surface area (Å²) in [6.07, 6.45) is 2.35. The molecule has 2 saturated heterocycles. The Balaban J connectivity index is 2.33. The normalized spacial score (nSPS) is 37.3. The van der Waals surface area contributed by atoms with E-state index in [1.807, 2.05) is 13.8 Å². The Morgan fingerprint density at radius 2 is 1.68 bits per heavy atom. The van der Waals surface area contributed by atoms with Crippen LogP contribution in [0.2, 0.25) is 0 Å². The molecule has 180 valence electrons. The van der Waals surface area contributed by atoms with Gasteiger partial charge in [0.05, 0.1) is 11.6 Å². The number of ether oxygens (including phenoxy) is 2. The molecule has 0 aromatic carbocycles. The predicted molar refractivity (Wildman–Crippen MR) is 124 cm³/mol. The van der Waals surface area contributed by atoms with Gasteiger partial charge in [-0.3, -0.25) is 14.5 Å². The number of hydrogen-bond acceptors (Lipinski definition) is 6. The number of likely N-dealkylation sites (tertiary alicyclic amines) is 1. The van der Waals surface area contributed by atoms with Crippen molar-refractivity contribution in [3.05, 3.63) is 0 Å². The van der Waals surface area contributed by atoms with Crippen LogP contribution in [-0.2, 0) is 19.1 Å². The average Bonchev–Trinajstić information content (AvgIpc) is 2.64. The van der Waals surface area contributed by atoms with Gasteiger partial charge < -0.3 is 14.4 Å². The first-order valence-corrected chi connectivity index (χ1v) is 12.1. The van der Waals surface area contributed by atoms with E-state index in [-0.39, 0.29) is 23.8 Å². The molecule has 0 unspecified atom stereocenters. The number of carbonyl (C=O) groups is 2. The SMILES string of the molecule is CCCN1CC([C@@H]2[C@@H](C)OC(=O)C(C)(C)C(=O)[C@H](C)C[C@](C)(OC)C[C@@H](C)CN2C)C1. The van der Waals surface area contributed by atoms with Crippen molar-refractivity contribution in [1.29, 1.82) is 0 Å². The molecule has 6 heteroatoms. The third kappa shape index (κ3) is 6.08. The predicted octanol–water partition coefficient (Wildman–Crippen LogP) is 3.63. The monoisotopic (exact) mass is 438 g/mol. The molecule has 2 rings (SSSR count). The zero-order valence-corrected chi connectivity index (χ0v) is 21.4. The maximum absolute atomic E-state index is 13.3. The molecule has 0 N–H and O–H groups in total. The molecular weight excluding hydrogens is 392 g/mol. The summed E-state index contributed by atoms with van der Waals surface area (Å²) < 4.78 is 11.9. The van der Waals surface area contributed by atoms with Gasteiger partial charge in [-0.2, -0.15) is 0 Å². The Morgan fingerprint density at radius 3 is 2.23 bits per heavy atom. The fourth-order valence-electron chi connectivity index (χ4n) is 5.93. The number of ketones is 1. The van der Waals surface area contributed by atoms with Crippen molar-refractivity contribution >= 4 is 11.8 Å². The second-order valence-electron chi connectivity index (χ2n) is 11.1. The molecule has 31 heavy (non-hydrogen) atoms. The largest absolute Gasteiger partial charge is 0.460 e. The number of esters is 1. The molecule has 5 atom stereocenters. The van der Waals surface area contributed by atoms with Crippen LogP contribution in [0, 0.1) is 23.2 Å². The van der Waals surface area contributed by atoms with Gasteiger partial charge >= 0.3 is 5.97 Å². The Hall–Kier alpha value is -0.980. The summed E-state index contributed by atoms with van der Waals surface area (Å²) in [5, 5.41) is 0. The zero-order valence-electron chi connectivity index (χ0n) is 21.4. The summed E-state index contributed by atoms with van der Waals surface area (Å²) >= 11 is 0. The molecule has 0 aromatic heterocycles. The summed E-state index contributed by atoms with van der Waals surface area (Å²) in [6.45, 7) is 18.0. The van der Waals surface area contributed by atoms with Gasteiger partial charge in [-0.05, 0) is 66.5 Å².